The molecule has 0 aliphatic carbocycles. The SMILES string of the molecule is Cc1nc2nsnc2nc1C. The predicted octanol–water partition coefficient (Wildman–Crippen LogP) is 1.10. The number of aromatic nitrogens is 4. The molecular formula is C6H6N4S. The van der Waals surface area contributed by atoms with E-state index in [2.05, 4.69) is 18.7 Å². The summed E-state index contributed by atoms with van der Waals surface area (Å²) < 4.78 is 7.96. The number of hydrogen-bond acceptors (Lipinski definition) is 5. The maximum Gasteiger partial charge on any atom is 0.212 e. The summed E-state index contributed by atoms with van der Waals surface area (Å²) in [6, 6.07) is 0. The molecule has 56 valence electrons. The zero-order valence-corrected chi connectivity index (χ0v) is 7.01. The van der Waals surface area contributed by atoms with Crippen LogP contribution >= 0.6 is 11.7 Å². The monoisotopic (exact) mass is 166 g/mol. The topological polar surface area (TPSA) is 51.6 Å². The van der Waals surface area contributed by atoms with Crippen molar-refractivity contribution in [1.29, 1.82) is 0 Å². The van der Waals surface area contributed by atoms with Gasteiger partial charge in [0, 0.05) is 0 Å². The summed E-state index contributed by atoms with van der Waals surface area (Å²) in [5, 5.41) is 0. The number of nitrogens with zero attached hydrogens (tertiary/aromatic N) is 4. The Labute approximate surface area is 67.6 Å². The van der Waals surface area contributed by atoms with Gasteiger partial charge in [-0.05, 0) is 13.8 Å². The van der Waals surface area contributed by atoms with Crippen LogP contribution in [0.4, 0.5) is 0 Å². The third-order valence-electron chi connectivity index (χ3n) is 1.53. The molecule has 0 radical (unpaired) electrons. The lowest BCUT2D eigenvalue weighted by Gasteiger charge is -1.93. The first-order valence-corrected chi connectivity index (χ1v) is 3.94. The van der Waals surface area contributed by atoms with Crippen molar-refractivity contribution in [2.75, 3.05) is 0 Å². The molecule has 0 N–H and O–H groups in total. The van der Waals surface area contributed by atoms with Gasteiger partial charge >= 0.3 is 0 Å². The average Bonchev–Trinajstić information content (AvgIpc) is 2.36. The fraction of sp³-hybridized carbons (Fsp3) is 0.333. The molecule has 0 unspecified atom stereocenters. The number of fused-ring (bicyclic) bond motifs is 1. The summed E-state index contributed by atoms with van der Waals surface area (Å²) in [4.78, 5) is 8.42. The molecule has 0 amide bonds. The molecule has 0 saturated heterocycles. The van der Waals surface area contributed by atoms with Gasteiger partial charge in [-0.1, -0.05) is 0 Å². The summed E-state index contributed by atoms with van der Waals surface area (Å²) in [5.41, 5.74) is 3.15. The van der Waals surface area contributed by atoms with E-state index in [-0.39, 0.29) is 0 Å². The molecule has 0 aromatic carbocycles. The lowest BCUT2D eigenvalue weighted by atomic mass is 10.3. The van der Waals surface area contributed by atoms with Crippen molar-refractivity contribution in [2.24, 2.45) is 0 Å². The molecule has 0 aliphatic heterocycles. The zero-order valence-electron chi connectivity index (χ0n) is 6.20. The van der Waals surface area contributed by atoms with Crippen molar-refractivity contribution in [1.82, 2.24) is 18.7 Å². The van der Waals surface area contributed by atoms with Gasteiger partial charge in [0.15, 0.2) is 0 Å². The van der Waals surface area contributed by atoms with Crippen molar-refractivity contribution in [3.05, 3.63) is 11.4 Å². The van der Waals surface area contributed by atoms with Gasteiger partial charge in [-0.3, -0.25) is 0 Å². The van der Waals surface area contributed by atoms with Crippen molar-refractivity contribution >= 4 is 23.0 Å². The van der Waals surface area contributed by atoms with Crippen LogP contribution in [0.2, 0.25) is 0 Å². The van der Waals surface area contributed by atoms with Gasteiger partial charge in [0.1, 0.15) is 0 Å². The Hall–Kier alpha value is -1.10. The van der Waals surface area contributed by atoms with Crippen molar-refractivity contribution in [3.63, 3.8) is 0 Å². The molecule has 2 aromatic rings. The molecule has 5 heteroatoms. The molecule has 4 nitrogen and oxygen atoms in total. The first-order valence-electron chi connectivity index (χ1n) is 3.21. The van der Waals surface area contributed by atoms with Crippen molar-refractivity contribution in [2.45, 2.75) is 13.8 Å². The minimum absolute atomic E-state index is 0.651. The first kappa shape index (κ1) is 6.60. The van der Waals surface area contributed by atoms with Crippen LogP contribution in [0.15, 0.2) is 0 Å². The van der Waals surface area contributed by atoms with E-state index in [1.165, 1.54) is 0 Å². The van der Waals surface area contributed by atoms with Crippen LogP contribution in [0.3, 0.4) is 0 Å². The Balaban J connectivity index is 2.86. The standard InChI is InChI=1S/C6H6N4S/c1-3-4(2)8-6-5(7-3)9-11-10-6/h1-2H3. The molecule has 2 rings (SSSR count). The molecular weight excluding hydrogens is 160 g/mol. The minimum Gasteiger partial charge on any atom is -0.228 e. The van der Waals surface area contributed by atoms with Crippen LogP contribution in [0.1, 0.15) is 11.4 Å². The second-order valence-corrected chi connectivity index (χ2v) is 2.83. The van der Waals surface area contributed by atoms with Crippen LogP contribution < -0.4 is 0 Å². The van der Waals surface area contributed by atoms with Gasteiger partial charge in [0.25, 0.3) is 0 Å². The molecule has 0 atom stereocenters. The molecule has 0 aliphatic rings. The van der Waals surface area contributed by atoms with E-state index in [0.29, 0.717) is 11.3 Å². The van der Waals surface area contributed by atoms with Crippen LogP contribution in [-0.4, -0.2) is 18.7 Å². The predicted molar refractivity (Wildman–Crippen MR) is 42.5 cm³/mol. The first-order chi connectivity index (χ1) is 5.27. The highest BCUT2D eigenvalue weighted by Gasteiger charge is 2.03. The van der Waals surface area contributed by atoms with Crippen LogP contribution in [0.25, 0.3) is 11.3 Å². The Kier molecular flexibility index (Phi) is 1.32. The molecule has 2 heterocycles. The Morgan fingerprint density at radius 2 is 1.36 bits per heavy atom. The van der Waals surface area contributed by atoms with E-state index < -0.39 is 0 Å². The molecule has 0 spiro atoms. The molecule has 0 bridgehead atoms. The summed E-state index contributed by atoms with van der Waals surface area (Å²) in [6.07, 6.45) is 0. The van der Waals surface area contributed by atoms with E-state index >= 15 is 0 Å². The lowest BCUT2D eigenvalue weighted by molar-refractivity contribution is 1.09. The average molecular weight is 166 g/mol. The van der Waals surface area contributed by atoms with Crippen LogP contribution in [-0.2, 0) is 0 Å². The summed E-state index contributed by atoms with van der Waals surface area (Å²) in [6.45, 7) is 3.84. The van der Waals surface area contributed by atoms with Crippen LogP contribution in [0.5, 0.6) is 0 Å². The number of rotatable bonds is 0. The summed E-state index contributed by atoms with van der Waals surface area (Å²) >= 11 is 1.15. The van der Waals surface area contributed by atoms with Gasteiger partial charge in [-0.15, -0.1) is 0 Å². The van der Waals surface area contributed by atoms with E-state index in [9.17, 15) is 0 Å². The third kappa shape index (κ3) is 0.970. The Morgan fingerprint density at radius 3 is 1.82 bits per heavy atom. The van der Waals surface area contributed by atoms with E-state index in [4.69, 9.17) is 0 Å². The highest BCUT2D eigenvalue weighted by Crippen LogP contribution is 2.08. The van der Waals surface area contributed by atoms with E-state index in [1.807, 2.05) is 13.8 Å². The van der Waals surface area contributed by atoms with Gasteiger partial charge < -0.3 is 0 Å². The maximum absolute atomic E-state index is 4.21. The maximum atomic E-state index is 4.21. The van der Waals surface area contributed by atoms with Crippen LogP contribution in [0, 0.1) is 13.8 Å². The highest BCUT2D eigenvalue weighted by molar-refractivity contribution is 6.99. The highest BCUT2D eigenvalue weighted by atomic mass is 32.1. The number of hydrogen-bond donors (Lipinski definition) is 0. The van der Waals surface area contributed by atoms with E-state index in [0.717, 1.165) is 23.1 Å². The zero-order chi connectivity index (χ0) is 7.84. The molecule has 11 heavy (non-hydrogen) atoms. The van der Waals surface area contributed by atoms with Gasteiger partial charge in [-0.25, -0.2) is 9.97 Å². The third-order valence-corrected chi connectivity index (χ3v) is 2.03. The second kappa shape index (κ2) is 2.20. The minimum atomic E-state index is 0.651. The molecule has 0 saturated carbocycles. The fourth-order valence-corrected chi connectivity index (χ4v) is 1.24. The summed E-state index contributed by atoms with van der Waals surface area (Å²) in [5.74, 6) is 0. The number of aryl methyl sites for hydroxylation is 2. The molecule has 0 fully saturated rings. The Morgan fingerprint density at radius 1 is 0.909 bits per heavy atom. The van der Waals surface area contributed by atoms with Gasteiger partial charge in [-0.2, -0.15) is 8.75 Å². The van der Waals surface area contributed by atoms with Crippen molar-refractivity contribution < 1.29 is 0 Å². The van der Waals surface area contributed by atoms with E-state index in [1.54, 1.807) is 0 Å². The second-order valence-electron chi connectivity index (χ2n) is 2.31. The lowest BCUT2D eigenvalue weighted by Crippen LogP contribution is -1.91. The molecule has 2 aromatic heterocycles. The largest absolute Gasteiger partial charge is 0.228 e. The normalized spacial score (nSPS) is 10.7. The van der Waals surface area contributed by atoms with Crippen molar-refractivity contribution in [3.8, 4) is 0 Å². The van der Waals surface area contributed by atoms with Gasteiger partial charge in [0.2, 0.25) is 11.3 Å². The quantitative estimate of drug-likeness (QED) is 0.588. The summed E-state index contributed by atoms with van der Waals surface area (Å²) in [7, 11) is 0. The Bertz CT molecular complexity index is 358. The fourth-order valence-electron chi connectivity index (χ4n) is 0.800. The van der Waals surface area contributed by atoms with Gasteiger partial charge in [0.05, 0.1) is 23.1 Å². The smallest absolute Gasteiger partial charge is 0.212 e.